The fourth-order valence-electron chi connectivity index (χ4n) is 3.87. The standard InChI is InChI=1S/C19H19NO2/c1-22-19-16-11-5-4-10-15(16)18(21)20(19)17-12-6-8-13-7-2-3-9-14(13)17/h2-5,7,9-11,17,19H,6,8,12H2,1H3/t17-,19+/m1/s1. The van der Waals surface area contributed by atoms with Crippen molar-refractivity contribution in [3.05, 3.63) is 70.8 Å². The van der Waals surface area contributed by atoms with Crippen LogP contribution >= 0.6 is 0 Å². The van der Waals surface area contributed by atoms with Crippen LogP contribution in [-0.2, 0) is 11.2 Å². The highest BCUT2D eigenvalue weighted by Gasteiger charge is 2.42. The molecule has 1 amide bonds. The average Bonchev–Trinajstić information content (AvgIpc) is 2.87. The summed E-state index contributed by atoms with van der Waals surface area (Å²) in [6, 6.07) is 16.4. The molecule has 22 heavy (non-hydrogen) atoms. The number of rotatable bonds is 2. The monoisotopic (exact) mass is 293 g/mol. The maximum absolute atomic E-state index is 12.9. The maximum atomic E-state index is 12.9. The van der Waals surface area contributed by atoms with Crippen LogP contribution in [0.5, 0.6) is 0 Å². The Bertz CT molecular complexity index is 725. The Morgan fingerprint density at radius 1 is 1.05 bits per heavy atom. The van der Waals surface area contributed by atoms with E-state index < -0.39 is 0 Å². The van der Waals surface area contributed by atoms with Gasteiger partial charge in [-0.1, -0.05) is 42.5 Å². The Hall–Kier alpha value is -2.13. The minimum atomic E-state index is -0.278. The normalized spacial score (nSPS) is 23.3. The summed E-state index contributed by atoms with van der Waals surface area (Å²) in [4.78, 5) is 14.9. The van der Waals surface area contributed by atoms with Gasteiger partial charge in [-0.3, -0.25) is 4.79 Å². The molecule has 0 N–H and O–H groups in total. The molecule has 2 atom stereocenters. The van der Waals surface area contributed by atoms with Gasteiger partial charge in [-0.2, -0.15) is 0 Å². The van der Waals surface area contributed by atoms with Gasteiger partial charge in [-0.05, 0) is 36.5 Å². The molecule has 1 aliphatic carbocycles. The molecule has 3 heteroatoms. The van der Waals surface area contributed by atoms with Gasteiger partial charge in [0.15, 0.2) is 6.23 Å². The number of aryl methyl sites for hydroxylation is 1. The smallest absolute Gasteiger partial charge is 0.257 e. The first-order valence-corrected chi connectivity index (χ1v) is 7.83. The lowest BCUT2D eigenvalue weighted by atomic mass is 9.87. The third kappa shape index (κ3) is 1.89. The molecule has 1 aliphatic heterocycles. The topological polar surface area (TPSA) is 29.5 Å². The molecular weight excluding hydrogens is 274 g/mol. The fourth-order valence-corrected chi connectivity index (χ4v) is 3.87. The van der Waals surface area contributed by atoms with Crippen molar-refractivity contribution in [2.45, 2.75) is 31.5 Å². The molecular formula is C19H19NO2. The Morgan fingerprint density at radius 3 is 2.59 bits per heavy atom. The zero-order valence-corrected chi connectivity index (χ0v) is 12.7. The molecule has 0 bridgehead atoms. The van der Waals surface area contributed by atoms with Gasteiger partial charge in [0.1, 0.15) is 0 Å². The lowest BCUT2D eigenvalue weighted by molar-refractivity contribution is -0.0350. The number of nitrogens with zero attached hydrogens (tertiary/aromatic N) is 1. The lowest BCUT2D eigenvalue weighted by Gasteiger charge is -2.36. The van der Waals surface area contributed by atoms with Crippen LogP contribution in [0.4, 0.5) is 0 Å². The Kier molecular flexibility index (Phi) is 3.23. The highest BCUT2D eigenvalue weighted by atomic mass is 16.5. The summed E-state index contributed by atoms with van der Waals surface area (Å²) in [5.41, 5.74) is 4.39. The molecule has 0 radical (unpaired) electrons. The summed E-state index contributed by atoms with van der Waals surface area (Å²) in [6.07, 6.45) is 2.92. The van der Waals surface area contributed by atoms with E-state index in [0.29, 0.717) is 0 Å². The number of fused-ring (bicyclic) bond motifs is 2. The molecule has 2 aromatic carbocycles. The minimum absolute atomic E-state index is 0.0872. The van der Waals surface area contributed by atoms with Crippen LogP contribution < -0.4 is 0 Å². The van der Waals surface area contributed by atoms with Gasteiger partial charge in [-0.25, -0.2) is 0 Å². The number of benzene rings is 2. The summed E-state index contributed by atoms with van der Waals surface area (Å²) in [5.74, 6) is 0.0872. The molecule has 3 nitrogen and oxygen atoms in total. The van der Waals surface area contributed by atoms with Crippen LogP contribution in [0.3, 0.4) is 0 Å². The van der Waals surface area contributed by atoms with E-state index in [-0.39, 0.29) is 18.2 Å². The molecule has 4 rings (SSSR count). The Balaban J connectivity index is 1.80. The van der Waals surface area contributed by atoms with Gasteiger partial charge in [0.25, 0.3) is 5.91 Å². The second-order valence-electron chi connectivity index (χ2n) is 5.99. The van der Waals surface area contributed by atoms with E-state index in [9.17, 15) is 4.79 Å². The maximum Gasteiger partial charge on any atom is 0.257 e. The van der Waals surface area contributed by atoms with E-state index in [1.807, 2.05) is 29.2 Å². The predicted molar refractivity (Wildman–Crippen MR) is 84.5 cm³/mol. The van der Waals surface area contributed by atoms with Crippen molar-refractivity contribution in [1.29, 1.82) is 0 Å². The summed E-state index contributed by atoms with van der Waals surface area (Å²) in [5, 5.41) is 0. The zero-order chi connectivity index (χ0) is 15.1. The van der Waals surface area contributed by atoms with E-state index >= 15 is 0 Å². The van der Waals surface area contributed by atoms with E-state index in [2.05, 4.69) is 24.3 Å². The van der Waals surface area contributed by atoms with Crippen molar-refractivity contribution in [2.24, 2.45) is 0 Å². The number of amides is 1. The third-order valence-corrected chi connectivity index (χ3v) is 4.84. The first-order chi connectivity index (χ1) is 10.8. The highest BCUT2D eigenvalue weighted by molar-refractivity contribution is 5.99. The SMILES string of the molecule is CO[C@H]1c2ccccc2C(=O)N1[C@@H]1CCCc2ccccc21. The van der Waals surface area contributed by atoms with Crippen LogP contribution in [0, 0.1) is 0 Å². The molecule has 0 fully saturated rings. The molecule has 0 spiro atoms. The van der Waals surface area contributed by atoms with E-state index in [1.165, 1.54) is 11.1 Å². The first kappa shape index (κ1) is 13.5. The van der Waals surface area contributed by atoms with Crippen molar-refractivity contribution < 1.29 is 9.53 Å². The molecule has 1 heterocycles. The van der Waals surface area contributed by atoms with Crippen molar-refractivity contribution in [1.82, 2.24) is 4.90 Å². The Labute approximate surface area is 130 Å². The van der Waals surface area contributed by atoms with Crippen LogP contribution in [0.25, 0.3) is 0 Å². The van der Waals surface area contributed by atoms with Crippen LogP contribution in [0.1, 0.15) is 52.2 Å². The number of hydrogen-bond donors (Lipinski definition) is 0. The quantitative estimate of drug-likeness (QED) is 0.841. The molecule has 0 saturated carbocycles. The second-order valence-corrected chi connectivity index (χ2v) is 5.99. The molecule has 0 unspecified atom stereocenters. The van der Waals surface area contributed by atoms with Gasteiger partial charge >= 0.3 is 0 Å². The summed E-state index contributed by atoms with van der Waals surface area (Å²) in [7, 11) is 1.68. The zero-order valence-electron chi connectivity index (χ0n) is 12.7. The van der Waals surface area contributed by atoms with Crippen molar-refractivity contribution in [3.63, 3.8) is 0 Å². The number of carbonyl (C=O) groups excluding carboxylic acids is 1. The fraction of sp³-hybridized carbons (Fsp3) is 0.316. The second kappa shape index (κ2) is 5.25. The molecule has 0 aromatic heterocycles. The van der Waals surface area contributed by atoms with Crippen LogP contribution in [-0.4, -0.2) is 17.9 Å². The number of methoxy groups -OCH3 is 1. The van der Waals surface area contributed by atoms with Crippen molar-refractivity contribution in [3.8, 4) is 0 Å². The molecule has 2 aliphatic rings. The average molecular weight is 293 g/mol. The van der Waals surface area contributed by atoms with Gasteiger partial charge < -0.3 is 9.64 Å². The van der Waals surface area contributed by atoms with Gasteiger partial charge in [0.2, 0.25) is 0 Å². The molecule has 0 saturated heterocycles. The largest absolute Gasteiger partial charge is 0.357 e. The number of ether oxygens (including phenoxy) is 1. The minimum Gasteiger partial charge on any atom is -0.357 e. The van der Waals surface area contributed by atoms with Gasteiger partial charge in [-0.15, -0.1) is 0 Å². The predicted octanol–water partition coefficient (Wildman–Crippen LogP) is 3.87. The van der Waals surface area contributed by atoms with Crippen molar-refractivity contribution in [2.75, 3.05) is 7.11 Å². The number of carbonyl (C=O) groups is 1. The van der Waals surface area contributed by atoms with Crippen LogP contribution in [0.15, 0.2) is 48.5 Å². The molecule has 2 aromatic rings. The summed E-state index contributed by atoms with van der Waals surface area (Å²) in [6.45, 7) is 0. The number of hydrogen-bond acceptors (Lipinski definition) is 2. The van der Waals surface area contributed by atoms with Crippen LogP contribution in [0.2, 0.25) is 0 Å². The third-order valence-electron chi connectivity index (χ3n) is 4.84. The van der Waals surface area contributed by atoms with Crippen molar-refractivity contribution >= 4 is 5.91 Å². The summed E-state index contributed by atoms with van der Waals surface area (Å²) >= 11 is 0. The highest BCUT2D eigenvalue weighted by Crippen LogP contribution is 2.44. The van der Waals surface area contributed by atoms with Gasteiger partial charge in [0.05, 0.1) is 6.04 Å². The summed E-state index contributed by atoms with van der Waals surface area (Å²) < 4.78 is 5.69. The van der Waals surface area contributed by atoms with E-state index in [4.69, 9.17) is 4.74 Å². The molecule has 112 valence electrons. The first-order valence-electron chi connectivity index (χ1n) is 7.83. The Morgan fingerprint density at radius 2 is 1.77 bits per heavy atom. The lowest BCUT2D eigenvalue weighted by Crippen LogP contribution is -2.35. The van der Waals surface area contributed by atoms with E-state index in [1.54, 1.807) is 7.11 Å². The van der Waals surface area contributed by atoms with E-state index in [0.717, 1.165) is 30.4 Å². The van der Waals surface area contributed by atoms with Gasteiger partial charge in [0, 0.05) is 18.2 Å².